The lowest BCUT2D eigenvalue weighted by molar-refractivity contribution is -0.121. The Morgan fingerprint density at radius 3 is 3.00 bits per heavy atom. The second-order valence-electron chi connectivity index (χ2n) is 4.59. The summed E-state index contributed by atoms with van der Waals surface area (Å²) < 4.78 is 0. The Morgan fingerprint density at radius 2 is 2.33 bits per heavy atom. The lowest BCUT2D eigenvalue weighted by atomic mass is 10.0. The van der Waals surface area contributed by atoms with Crippen LogP contribution in [0.3, 0.4) is 0 Å². The largest absolute Gasteiger partial charge is 0.352 e. The van der Waals surface area contributed by atoms with Crippen LogP contribution in [-0.4, -0.2) is 35.5 Å². The van der Waals surface area contributed by atoms with Gasteiger partial charge in [-0.3, -0.25) is 4.79 Å². The molecule has 4 heteroatoms. The third kappa shape index (κ3) is 3.11. The van der Waals surface area contributed by atoms with Gasteiger partial charge in [0.05, 0.1) is 5.25 Å². The molecule has 86 valence electrons. The molecule has 2 aliphatic heterocycles. The summed E-state index contributed by atoms with van der Waals surface area (Å²) in [5, 5.41) is 6.82. The fourth-order valence-corrected chi connectivity index (χ4v) is 3.51. The van der Waals surface area contributed by atoms with E-state index in [1.807, 2.05) is 11.8 Å². The summed E-state index contributed by atoms with van der Waals surface area (Å²) in [7, 11) is 0. The number of piperidine rings is 1. The summed E-state index contributed by atoms with van der Waals surface area (Å²) in [5.41, 5.74) is 0. The standard InChI is InChI=1S/C11H20N2OS/c1-8-7-9(4-5-12-8)13-11(14)10-3-2-6-15-10/h8-10,12H,2-7H2,1H3,(H,13,14). The number of thioether (sulfide) groups is 1. The van der Waals surface area contributed by atoms with Crippen molar-refractivity contribution in [1.82, 2.24) is 10.6 Å². The monoisotopic (exact) mass is 228 g/mol. The van der Waals surface area contributed by atoms with Crippen LogP contribution in [0.25, 0.3) is 0 Å². The molecule has 2 saturated heterocycles. The highest BCUT2D eigenvalue weighted by Gasteiger charge is 2.26. The first-order chi connectivity index (χ1) is 7.25. The van der Waals surface area contributed by atoms with Crippen molar-refractivity contribution < 1.29 is 4.79 Å². The van der Waals surface area contributed by atoms with Crippen LogP contribution >= 0.6 is 11.8 Å². The van der Waals surface area contributed by atoms with E-state index in [1.54, 1.807) is 0 Å². The molecule has 3 nitrogen and oxygen atoms in total. The summed E-state index contributed by atoms with van der Waals surface area (Å²) in [6.07, 6.45) is 4.42. The molecule has 0 spiro atoms. The van der Waals surface area contributed by atoms with Crippen LogP contribution in [0.15, 0.2) is 0 Å². The van der Waals surface area contributed by atoms with E-state index in [4.69, 9.17) is 0 Å². The summed E-state index contributed by atoms with van der Waals surface area (Å²) in [4.78, 5) is 11.9. The Hall–Kier alpha value is -0.220. The lowest BCUT2D eigenvalue weighted by Gasteiger charge is -2.29. The molecule has 2 rings (SSSR count). The lowest BCUT2D eigenvalue weighted by Crippen LogP contribution is -2.48. The number of nitrogens with one attached hydrogen (secondary N) is 2. The van der Waals surface area contributed by atoms with E-state index in [0.717, 1.165) is 31.6 Å². The number of amides is 1. The Morgan fingerprint density at radius 1 is 1.47 bits per heavy atom. The van der Waals surface area contributed by atoms with E-state index in [9.17, 15) is 4.79 Å². The van der Waals surface area contributed by atoms with Gasteiger partial charge in [0.2, 0.25) is 5.91 Å². The number of rotatable bonds is 2. The molecule has 0 bridgehead atoms. The van der Waals surface area contributed by atoms with Gasteiger partial charge in [0, 0.05) is 12.1 Å². The predicted octanol–water partition coefficient (Wildman–Crippen LogP) is 1.14. The van der Waals surface area contributed by atoms with Crippen molar-refractivity contribution in [2.24, 2.45) is 0 Å². The van der Waals surface area contributed by atoms with Gasteiger partial charge in [-0.05, 0) is 44.9 Å². The second kappa shape index (κ2) is 5.21. The number of hydrogen-bond acceptors (Lipinski definition) is 3. The van der Waals surface area contributed by atoms with Gasteiger partial charge >= 0.3 is 0 Å². The molecule has 0 aromatic carbocycles. The summed E-state index contributed by atoms with van der Waals surface area (Å²) in [6.45, 7) is 3.21. The van der Waals surface area contributed by atoms with E-state index in [2.05, 4.69) is 17.6 Å². The van der Waals surface area contributed by atoms with Crippen molar-refractivity contribution in [2.45, 2.75) is 49.9 Å². The average molecular weight is 228 g/mol. The minimum Gasteiger partial charge on any atom is -0.352 e. The smallest absolute Gasteiger partial charge is 0.233 e. The fourth-order valence-electron chi connectivity index (χ4n) is 2.34. The molecular formula is C11H20N2OS. The molecule has 2 heterocycles. The molecule has 0 aromatic rings. The molecule has 0 saturated carbocycles. The van der Waals surface area contributed by atoms with Crippen molar-refractivity contribution in [3.8, 4) is 0 Å². The SMILES string of the molecule is CC1CC(NC(=O)C2CCCS2)CCN1. The van der Waals surface area contributed by atoms with Crippen molar-refractivity contribution >= 4 is 17.7 Å². The van der Waals surface area contributed by atoms with Crippen LogP contribution in [0.2, 0.25) is 0 Å². The normalized spacial score (nSPS) is 36.5. The van der Waals surface area contributed by atoms with Crippen molar-refractivity contribution in [2.75, 3.05) is 12.3 Å². The topological polar surface area (TPSA) is 41.1 Å². The van der Waals surface area contributed by atoms with Gasteiger partial charge in [-0.15, -0.1) is 11.8 Å². The average Bonchev–Trinajstić information content (AvgIpc) is 2.70. The molecule has 2 N–H and O–H groups in total. The van der Waals surface area contributed by atoms with Gasteiger partial charge in [0.1, 0.15) is 0 Å². The van der Waals surface area contributed by atoms with Gasteiger partial charge in [-0.25, -0.2) is 0 Å². The second-order valence-corrected chi connectivity index (χ2v) is 5.90. The Balaban J connectivity index is 1.77. The van der Waals surface area contributed by atoms with Gasteiger partial charge in [0.15, 0.2) is 0 Å². The molecule has 0 radical (unpaired) electrons. The van der Waals surface area contributed by atoms with E-state index in [-0.39, 0.29) is 11.2 Å². The van der Waals surface area contributed by atoms with E-state index >= 15 is 0 Å². The van der Waals surface area contributed by atoms with Crippen LogP contribution in [0, 0.1) is 0 Å². The third-order valence-electron chi connectivity index (χ3n) is 3.19. The highest BCUT2D eigenvalue weighted by molar-refractivity contribution is 8.00. The zero-order valence-corrected chi connectivity index (χ0v) is 10.1. The Kier molecular flexibility index (Phi) is 3.92. The van der Waals surface area contributed by atoms with E-state index in [1.165, 1.54) is 6.42 Å². The van der Waals surface area contributed by atoms with Gasteiger partial charge in [-0.1, -0.05) is 0 Å². The molecule has 15 heavy (non-hydrogen) atoms. The van der Waals surface area contributed by atoms with Crippen LogP contribution in [-0.2, 0) is 4.79 Å². The first-order valence-corrected chi connectivity index (χ1v) is 6.96. The van der Waals surface area contributed by atoms with Crippen LogP contribution < -0.4 is 10.6 Å². The molecule has 3 unspecified atom stereocenters. The van der Waals surface area contributed by atoms with E-state index in [0.29, 0.717) is 12.1 Å². The van der Waals surface area contributed by atoms with Crippen LogP contribution in [0.1, 0.15) is 32.6 Å². The molecule has 0 aliphatic carbocycles. The highest BCUT2D eigenvalue weighted by Crippen LogP contribution is 2.26. The zero-order chi connectivity index (χ0) is 10.7. The van der Waals surface area contributed by atoms with Crippen molar-refractivity contribution in [1.29, 1.82) is 0 Å². The van der Waals surface area contributed by atoms with Crippen molar-refractivity contribution in [3.63, 3.8) is 0 Å². The number of carbonyl (C=O) groups excluding carboxylic acids is 1. The first-order valence-electron chi connectivity index (χ1n) is 5.91. The predicted molar refractivity (Wildman–Crippen MR) is 64.1 cm³/mol. The van der Waals surface area contributed by atoms with Gasteiger partial charge in [0.25, 0.3) is 0 Å². The minimum atomic E-state index is 0.232. The maximum atomic E-state index is 11.9. The fraction of sp³-hybridized carbons (Fsp3) is 0.909. The zero-order valence-electron chi connectivity index (χ0n) is 9.29. The first kappa shape index (κ1) is 11.3. The summed E-state index contributed by atoms with van der Waals surface area (Å²) in [5.74, 6) is 1.43. The molecule has 3 atom stereocenters. The molecule has 2 fully saturated rings. The molecule has 0 aromatic heterocycles. The van der Waals surface area contributed by atoms with Gasteiger partial charge in [-0.2, -0.15) is 0 Å². The van der Waals surface area contributed by atoms with Gasteiger partial charge < -0.3 is 10.6 Å². The molecule has 1 amide bonds. The van der Waals surface area contributed by atoms with E-state index < -0.39 is 0 Å². The molecule has 2 aliphatic rings. The maximum absolute atomic E-state index is 11.9. The number of carbonyl (C=O) groups is 1. The maximum Gasteiger partial charge on any atom is 0.233 e. The molecular weight excluding hydrogens is 208 g/mol. The third-order valence-corrected chi connectivity index (χ3v) is 4.57. The van der Waals surface area contributed by atoms with Crippen molar-refractivity contribution in [3.05, 3.63) is 0 Å². The number of hydrogen-bond donors (Lipinski definition) is 2. The minimum absolute atomic E-state index is 0.232. The summed E-state index contributed by atoms with van der Waals surface area (Å²) >= 11 is 1.81. The quantitative estimate of drug-likeness (QED) is 0.744. The Bertz CT molecular complexity index is 229. The highest BCUT2D eigenvalue weighted by atomic mass is 32.2. The summed E-state index contributed by atoms with van der Waals surface area (Å²) in [6, 6.07) is 0.940. The van der Waals surface area contributed by atoms with Crippen LogP contribution in [0.4, 0.5) is 0 Å². The Labute approximate surface area is 95.8 Å². The van der Waals surface area contributed by atoms with Crippen LogP contribution in [0.5, 0.6) is 0 Å².